The van der Waals surface area contributed by atoms with Crippen molar-refractivity contribution in [2.24, 2.45) is 0 Å². The molecule has 1 atom stereocenters. The van der Waals surface area contributed by atoms with Crippen LogP contribution in [0.3, 0.4) is 0 Å². The maximum absolute atomic E-state index is 6.16. The average Bonchev–Trinajstić information content (AvgIpc) is 2.38. The van der Waals surface area contributed by atoms with E-state index in [0.717, 1.165) is 48.5 Å². The molecule has 1 fully saturated rings. The molecule has 0 spiro atoms. The SMILES string of the molecule is CCc1nc(CC2CN(C)CCN2C)nc(Cl)c1Br. The fourth-order valence-electron chi connectivity index (χ4n) is 2.37. The van der Waals surface area contributed by atoms with Gasteiger partial charge in [-0.3, -0.25) is 0 Å². The number of aryl methyl sites for hydroxylation is 1. The van der Waals surface area contributed by atoms with Crippen LogP contribution in [0.25, 0.3) is 0 Å². The van der Waals surface area contributed by atoms with Crippen LogP contribution >= 0.6 is 27.5 Å². The highest BCUT2D eigenvalue weighted by Crippen LogP contribution is 2.24. The normalized spacial score (nSPS) is 21.8. The van der Waals surface area contributed by atoms with Crippen LogP contribution in [0.4, 0.5) is 0 Å². The van der Waals surface area contributed by atoms with Gasteiger partial charge in [-0.05, 0) is 36.4 Å². The van der Waals surface area contributed by atoms with E-state index >= 15 is 0 Å². The van der Waals surface area contributed by atoms with Crippen molar-refractivity contribution in [3.63, 3.8) is 0 Å². The molecule has 0 amide bonds. The Morgan fingerprint density at radius 1 is 1.32 bits per heavy atom. The van der Waals surface area contributed by atoms with Crippen LogP contribution in [0.2, 0.25) is 5.15 Å². The summed E-state index contributed by atoms with van der Waals surface area (Å²) in [5, 5.41) is 0.522. The lowest BCUT2D eigenvalue weighted by molar-refractivity contribution is 0.113. The number of nitrogens with zero attached hydrogens (tertiary/aromatic N) is 4. The van der Waals surface area contributed by atoms with E-state index in [1.165, 1.54) is 0 Å². The van der Waals surface area contributed by atoms with Crippen LogP contribution in [0.15, 0.2) is 4.47 Å². The second-order valence-corrected chi connectivity index (χ2v) is 6.30. The Morgan fingerprint density at radius 2 is 2.05 bits per heavy atom. The van der Waals surface area contributed by atoms with Gasteiger partial charge in [0.25, 0.3) is 0 Å². The van der Waals surface area contributed by atoms with Gasteiger partial charge in [-0.1, -0.05) is 18.5 Å². The molecule has 0 radical (unpaired) electrons. The van der Waals surface area contributed by atoms with Gasteiger partial charge in [0, 0.05) is 32.1 Å². The maximum atomic E-state index is 6.16. The molecule has 1 saturated heterocycles. The van der Waals surface area contributed by atoms with Gasteiger partial charge in [-0.25, -0.2) is 9.97 Å². The molecule has 1 unspecified atom stereocenters. The second-order valence-electron chi connectivity index (χ2n) is 5.15. The summed E-state index contributed by atoms with van der Waals surface area (Å²) in [7, 11) is 4.33. The second kappa shape index (κ2) is 6.48. The lowest BCUT2D eigenvalue weighted by Crippen LogP contribution is -2.51. The molecule has 2 rings (SSSR count). The smallest absolute Gasteiger partial charge is 0.147 e. The Balaban J connectivity index is 2.16. The number of likely N-dealkylation sites (N-methyl/N-ethyl adjacent to an activating group) is 2. The molecule has 4 nitrogen and oxygen atoms in total. The number of piperazine rings is 1. The van der Waals surface area contributed by atoms with Gasteiger partial charge in [0.2, 0.25) is 0 Å². The lowest BCUT2D eigenvalue weighted by Gasteiger charge is -2.37. The standard InChI is InChI=1S/C13H20BrClN4/c1-4-10-12(14)13(15)17-11(16-10)7-9-8-18(2)5-6-19(9)3/h9H,4-8H2,1-3H3. The van der Waals surface area contributed by atoms with E-state index < -0.39 is 0 Å². The van der Waals surface area contributed by atoms with Crippen molar-refractivity contribution in [3.8, 4) is 0 Å². The van der Waals surface area contributed by atoms with Crippen molar-refractivity contribution in [2.45, 2.75) is 25.8 Å². The first-order valence-corrected chi connectivity index (χ1v) is 7.78. The van der Waals surface area contributed by atoms with E-state index in [4.69, 9.17) is 11.6 Å². The average molecular weight is 348 g/mol. The first-order valence-electron chi connectivity index (χ1n) is 6.60. The van der Waals surface area contributed by atoms with Crippen molar-refractivity contribution in [1.82, 2.24) is 19.8 Å². The fraction of sp³-hybridized carbons (Fsp3) is 0.692. The van der Waals surface area contributed by atoms with Crippen molar-refractivity contribution < 1.29 is 0 Å². The Labute approximate surface area is 128 Å². The van der Waals surface area contributed by atoms with E-state index in [1.54, 1.807) is 0 Å². The van der Waals surface area contributed by atoms with Crippen molar-refractivity contribution in [1.29, 1.82) is 0 Å². The Bertz CT molecular complexity index is 455. The quantitative estimate of drug-likeness (QED) is 0.785. The maximum Gasteiger partial charge on any atom is 0.147 e. The summed E-state index contributed by atoms with van der Waals surface area (Å²) < 4.78 is 0.828. The highest BCUT2D eigenvalue weighted by Gasteiger charge is 2.24. The highest BCUT2D eigenvalue weighted by atomic mass is 79.9. The summed E-state index contributed by atoms with van der Waals surface area (Å²) in [6.07, 6.45) is 1.71. The number of rotatable bonds is 3. The van der Waals surface area contributed by atoms with Gasteiger partial charge < -0.3 is 9.80 Å². The third kappa shape index (κ3) is 3.66. The molecular weight excluding hydrogens is 328 g/mol. The first kappa shape index (κ1) is 15.2. The summed E-state index contributed by atoms with van der Waals surface area (Å²) >= 11 is 9.60. The number of hydrogen-bond acceptors (Lipinski definition) is 4. The molecule has 1 aliphatic heterocycles. The van der Waals surface area contributed by atoms with Crippen molar-refractivity contribution in [2.75, 3.05) is 33.7 Å². The Hall–Kier alpha value is -0.230. The van der Waals surface area contributed by atoms with E-state index in [1.807, 2.05) is 0 Å². The van der Waals surface area contributed by atoms with Crippen molar-refractivity contribution in [3.05, 3.63) is 21.1 Å². The number of aromatic nitrogens is 2. The molecule has 0 aromatic carbocycles. The Morgan fingerprint density at radius 3 is 2.74 bits per heavy atom. The van der Waals surface area contributed by atoms with Gasteiger partial charge in [0.1, 0.15) is 11.0 Å². The predicted octanol–water partition coefficient (Wildman–Crippen LogP) is 2.24. The first-order chi connectivity index (χ1) is 9.01. The van der Waals surface area contributed by atoms with Crippen LogP contribution in [-0.2, 0) is 12.8 Å². The monoisotopic (exact) mass is 346 g/mol. The molecule has 106 valence electrons. The zero-order valence-corrected chi connectivity index (χ0v) is 14.0. The fourth-order valence-corrected chi connectivity index (χ4v) is 3.03. The molecule has 0 saturated carbocycles. The van der Waals surface area contributed by atoms with Crippen LogP contribution in [0.5, 0.6) is 0 Å². The molecular formula is C13H20BrClN4. The molecule has 1 aromatic rings. The van der Waals surface area contributed by atoms with E-state index in [-0.39, 0.29) is 0 Å². The van der Waals surface area contributed by atoms with Gasteiger partial charge in [-0.15, -0.1) is 0 Å². The van der Waals surface area contributed by atoms with Crippen LogP contribution in [-0.4, -0.2) is 59.5 Å². The largest absolute Gasteiger partial charge is 0.304 e. The summed E-state index contributed by atoms with van der Waals surface area (Å²) in [6, 6.07) is 0.459. The van der Waals surface area contributed by atoms with Crippen LogP contribution in [0, 0.1) is 0 Å². The zero-order chi connectivity index (χ0) is 14.0. The minimum absolute atomic E-state index is 0.459. The van der Waals surface area contributed by atoms with Gasteiger partial charge >= 0.3 is 0 Å². The summed E-state index contributed by atoms with van der Waals surface area (Å²) in [5.74, 6) is 0.845. The topological polar surface area (TPSA) is 32.3 Å². The molecule has 0 bridgehead atoms. The number of hydrogen-bond donors (Lipinski definition) is 0. The molecule has 1 aromatic heterocycles. The Kier molecular flexibility index (Phi) is 5.17. The molecule has 0 N–H and O–H groups in total. The zero-order valence-electron chi connectivity index (χ0n) is 11.7. The van der Waals surface area contributed by atoms with Crippen LogP contribution < -0.4 is 0 Å². The highest BCUT2D eigenvalue weighted by molar-refractivity contribution is 9.10. The number of halogens is 2. The third-order valence-corrected chi connectivity index (χ3v) is 4.99. The lowest BCUT2D eigenvalue weighted by atomic mass is 10.1. The van der Waals surface area contributed by atoms with Gasteiger partial charge in [0.05, 0.1) is 10.2 Å². The molecule has 6 heteroatoms. The van der Waals surface area contributed by atoms with E-state index in [0.29, 0.717) is 11.2 Å². The minimum Gasteiger partial charge on any atom is -0.304 e. The summed E-state index contributed by atoms with van der Waals surface area (Å²) in [6.45, 7) is 5.34. The van der Waals surface area contributed by atoms with Crippen molar-refractivity contribution >= 4 is 27.5 Å². The third-order valence-electron chi connectivity index (χ3n) is 3.66. The predicted molar refractivity (Wildman–Crippen MR) is 81.7 cm³/mol. The molecule has 2 heterocycles. The minimum atomic E-state index is 0.459. The van der Waals surface area contributed by atoms with Crippen LogP contribution in [0.1, 0.15) is 18.4 Å². The summed E-state index contributed by atoms with van der Waals surface area (Å²) in [4.78, 5) is 13.7. The molecule has 1 aliphatic rings. The van der Waals surface area contributed by atoms with E-state index in [2.05, 4.69) is 56.7 Å². The van der Waals surface area contributed by atoms with E-state index in [9.17, 15) is 0 Å². The van der Waals surface area contributed by atoms with Gasteiger partial charge in [0.15, 0.2) is 0 Å². The molecule has 19 heavy (non-hydrogen) atoms. The van der Waals surface area contributed by atoms with Gasteiger partial charge in [-0.2, -0.15) is 0 Å². The molecule has 0 aliphatic carbocycles. The summed E-state index contributed by atoms with van der Waals surface area (Å²) in [5.41, 5.74) is 0.988.